The van der Waals surface area contributed by atoms with Gasteiger partial charge in [-0.25, -0.2) is 0 Å². The predicted octanol–water partition coefficient (Wildman–Crippen LogP) is 4.16. The normalized spacial score (nSPS) is 11.3. The average Bonchev–Trinajstić information content (AvgIpc) is 3.09. The molecule has 2 aromatic heterocycles. The summed E-state index contributed by atoms with van der Waals surface area (Å²) in [6.07, 6.45) is 3.31. The van der Waals surface area contributed by atoms with Gasteiger partial charge in [0.05, 0.1) is 5.75 Å². The Morgan fingerprint density at radius 3 is 2.42 bits per heavy atom. The zero-order valence-corrected chi connectivity index (χ0v) is 15.7. The maximum absolute atomic E-state index is 12.1. The SMILES string of the molecule is CC(C)(C)c1ccc(NC(=O)CSc2nnc(-c3ccncc3)o2)cc1. The fourth-order valence-corrected chi connectivity index (χ4v) is 2.82. The summed E-state index contributed by atoms with van der Waals surface area (Å²) in [5, 5.41) is 11.2. The van der Waals surface area contributed by atoms with E-state index < -0.39 is 0 Å². The summed E-state index contributed by atoms with van der Waals surface area (Å²) in [5.74, 6) is 0.481. The fraction of sp³-hybridized carbons (Fsp3) is 0.263. The van der Waals surface area contributed by atoms with Crippen molar-refractivity contribution in [3.05, 3.63) is 54.4 Å². The van der Waals surface area contributed by atoms with Gasteiger partial charge in [-0.2, -0.15) is 0 Å². The largest absolute Gasteiger partial charge is 0.411 e. The molecule has 0 radical (unpaired) electrons. The molecule has 26 heavy (non-hydrogen) atoms. The second-order valence-corrected chi connectivity index (χ2v) is 7.70. The van der Waals surface area contributed by atoms with E-state index in [1.807, 2.05) is 24.3 Å². The van der Waals surface area contributed by atoms with Crippen LogP contribution in [0.25, 0.3) is 11.5 Å². The molecule has 0 spiro atoms. The second kappa shape index (κ2) is 7.70. The molecule has 3 rings (SSSR count). The van der Waals surface area contributed by atoms with E-state index in [-0.39, 0.29) is 17.1 Å². The number of hydrogen-bond acceptors (Lipinski definition) is 6. The van der Waals surface area contributed by atoms with Gasteiger partial charge < -0.3 is 9.73 Å². The van der Waals surface area contributed by atoms with Crippen LogP contribution in [-0.2, 0) is 10.2 Å². The summed E-state index contributed by atoms with van der Waals surface area (Å²) in [7, 11) is 0. The van der Waals surface area contributed by atoms with Gasteiger partial charge in [0.2, 0.25) is 11.8 Å². The lowest BCUT2D eigenvalue weighted by atomic mass is 9.87. The Labute approximate surface area is 156 Å². The molecular formula is C19H20N4O2S. The minimum atomic E-state index is -0.123. The van der Waals surface area contributed by atoms with Crippen molar-refractivity contribution >= 4 is 23.4 Å². The van der Waals surface area contributed by atoms with Gasteiger partial charge in [-0.3, -0.25) is 9.78 Å². The second-order valence-electron chi connectivity index (χ2n) is 6.77. The highest BCUT2D eigenvalue weighted by Gasteiger charge is 2.14. The van der Waals surface area contributed by atoms with Crippen molar-refractivity contribution in [1.82, 2.24) is 15.2 Å². The standard InChI is InChI=1S/C19H20N4O2S/c1-19(2,3)14-4-6-15(7-5-14)21-16(24)12-26-18-23-22-17(25-18)13-8-10-20-11-9-13/h4-11H,12H2,1-3H3,(H,21,24). The lowest BCUT2D eigenvalue weighted by Gasteiger charge is -2.19. The number of nitrogens with one attached hydrogen (secondary N) is 1. The number of hydrogen-bond donors (Lipinski definition) is 1. The first-order valence-corrected chi connectivity index (χ1v) is 9.17. The van der Waals surface area contributed by atoms with E-state index in [4.69, 9.17) is 4.42 Å². The molecule has 2 heterocycles. The van der Waals surface area contributed by atoms with E-state index >= 15 is 0 Å². The maximum atomic E-state index is 12.1. The van der Waals surface area contributed by atoms with Crippen molar-refractivity contribution in [2.45, 2.75) is 31.4 Å². The number of pyridine rings is 1. The van der Waals surface area contributed by atoms with Gasteiger partial charge in [0.1, 0.15) is 0 Å². The number of anilines is 1. The molecule has 0 atom stereocenters. The van der Waals surface area contributed by atoms with E-state index in [0.29, 0.717) is 11.1 Å². The van der Waals surface area contributed by atoms with Gasteiger partial charge in [0.15, 0.2) is 0 Å². The summed E-state index contributed by atoms with van der Waals surface area (Å²) in [4.78, 5) is 16.1. The highest BCUT2D eigenvalue weighted by atomic mass is 32.2. The number of nitrogens with zero attached hydrogens (tertiary/aromatic N) is 3. The number of carbonyl (C=O) groups excluding carboxylic acids is 1. The Bertz CT molecular complexity index is 871. The molecule has 0 aliphatic rings. The average molecular weight is 368 g/mol. The highest BCUT2D eigenvalue weighted by Crippen LogP contribution is 2.24. The van der Waals surface area contributed by atoms with E-state index in [0.717, 1.165) is 11.3 Å². The molecule has 0 unspecified atom stereocenters. The topological polar surface area (TPSA) is 80.9 Å². The third-order valence-electron chi connectivity index (χ3n) is 3.70. The Hall–Kier alpha value is -2.67. The van der Waals surface area contributed by atoms with Crippen molar-refractivity contribution in [3.8, 4) is 11.5 Å². The van der Waals surface area contributed by atoms with Crippen LogP contribution in [0.15, 0.2) is 58.4 Å². The monoisotopic (exact) mass is 368 g/mol. The summed E-state index contributed by atoms with van der Waals surface area (Å²) in [5.41, 5.74) is 2.87. The van der Waals surface area contributed by atoms with Crippen LogP contribution < -0.4 is 5.32 Å². The van der Waals surface area contributed by atoms with Gasteiger partial charge in [0, 0.05) is 23.6 Å². The third-order valence-corrected chi connectivity index (χ3v) is 4.51. The molecule has 1 N–H and O–H groups in total. The highest BCUT2D eigenvalue weighted by molar-refractivity contribution is 7.99. The number of aromatic nitrogens is 3. The lowest BCUT2D eigenvalue weighted by molar-refractivity contribution is -0.113. The molecule has 6 nitrogen and oxygen atoms in total. The van der Waals surface area contributed by atoms with E-state index in [2.05, 4.69) is 41.3 Å². The first kappa shape index (κ1) is 18.1. The van der Waals surface area contributed by atoms with Crippen LogP contribution in [0.5, 0.6) is 0 Å². The first-order valence-electron chi connectivity index (χ1n) is 8.19. The van der Waals surface area contributed by atoms with Crippen LogP contribution in [0.4, 0.5) is 5.69 Å². The Balaban J connectivity index is 1.54. The third kappa shape index (κ3) is 4.70. The smallest absolute Gasteiger partial charge is 0.277 e. The summed E-state index contributed by atoms with van der Waals surface area (Å²) < 4.78 is 5.56. The van der Waals surface area contributed by atoms with E-state index in [9.17, 15) is 4.79 Å². The molecule has 0 bridgehead atoms. The van der Waals surface area contributed by atoms with Crippen molar-refractivity contribution in [3.63, 3.8) is 0 Å². The van der Waals surface area contributed by atoms with Crippen molar-refractivity contribution < 1.29 is 9.21 Å². The lowest BCUT2D eigenvalue weighted by Crippen LogP contribution is -2.15. The quantitative estimate of drug-likeness (QED) is 0.681. The van der Waals surface area contributed by atoms with Crippen LogP contribution in [0, 0.1) is 0 Å². The fourth-order valence-electron chi connectivity index (χ4n) is 2.26. The van der Waals surface area contributed by atoms with Crippen molar-refractivity contribution in [2.75, 3.05) is 11.1 Å². The van der Waals surface area contributed by atoms with Crippen LogP contribution in [0.3, 0.4) is 0 Å². The van der Waals surface area contributed by atoms with Gasteiger partial charge >= 0.3 is 0 Å². The van der Waals surface area contributed by atoms with E-state index in [1.165, 1.54) is 17.3 Å². The Morgan fingerprint density at radius 2 is 1.77 bits per heavy atom. The molecule has 134 valence electrons. The number of carbonyl (C=O) groups is 1. The first-order chi connectivity index (χ1) is 12.4. The molecule has 0 saturated heterocycles. The molecule has 0 aliphatic heterocycles. The molecular weight excluding hydrogens is 348 g/mol. The zero-order valence-electron chi connectivity index (χ0n) is 14.9. The van der Waals surface area contributed by atoms with Crippen molar-refractivity contribution in [2.24, 2.45) is 0 Å². The van der Waals surface area contributed by atoms with Gasteiger partial charge in [-0.05, 0) is 35.2 Å². The van der Waals surface area contributed by atoms with Gasteiger partial charge in [0.25, 0.3) is 5.22 Å². The van der Waals surface area contributed by atoms with Crippen LogP contribution >= 0.6 is 11.8 Å². The molecule has 1 amide bonds. The Kier molecular flexibility index (Phi) is 5.37. The molecule has 3 aromatic rings. The molecule has 0 saturated carbocycles. The predicted molar refractivity (Wildman–Crippen MR) is 102 cm³/mol. The van der Waals surface area contributed by atoms with Gasteiger partial charge in [-0.15, -0.1) is 10.2 Å². The van der Waals surface area contributed by atoms with Crippen molar-refractivity contribution in [1.29, 1.82) is 0 Å². The van der Waals surface area contributed by atoms with Crippen LogP contribution in [0.1, 0.15) is 26.3 Å². The zero-order chi connectivity index (χ0) is 18.6. The Morgan fingerprint density at radius 1 is 1.08 bits per heavy atom. The van der Waals surface area contributed by atoms with E-state index in [1.54, 1.807) is 24.5 Å². The van der Waals surface area contributed by atoms with Crippen LogP contribution in [-0.4, -0.2) is 26.8 Å². The maximum Gasteiger partial charge on any atom is 0.277 e. The number of benzene rings is 1. The number of thioether (sulfide) groups is 1. The molecule has 7 heteroatoms. The van der Waals surface area contributed by atoms with Gasteiger partial charge in [-0.1, -0.05) is 44.7 Å². The minimum absolute atomic E-state index is 0.0862. The summed E-state index contributed by atoms with van der Waals surface area (Å²) >= 11 is 1.20. The summed E-state index contributed by atoms with van der Waals surface area (Å²) in [6.45, 7) is 6.46. The molecule has 0 aliphatic carbocycles. The van der Waals surface area contributed by atoms with Crippen LogP contribution in [0.2, 0.25) is 0 Å². The molecule has 1 aromatic carbocycles. The molecule has 0 fully saturated rings. The number of rotatable bonds is 5. The number of amides is 1. The summed E-state index contributed by atoms with van der Waals surface area (Å²) in [6, 6.07) is 11.5. The minimum Gasteiger partial charge on any atom is -0.411 e.